The number of carbonyl (C=O) groups is 2. The second kappa shape index (κ2) is 8.87. The van der Waals surface area contributed by atoms with E-state index < -0.39 is 6.04 Å². The predicted molar refractivity (Wildman–Crippen MR) is 92.6 cm³/mol. The summed E-state index contributed by atoms with van der Waals surface area (Å²) in [5.74, 6) is 0.613. The number of hydrogen-bond acceptors (Lipinski definition) is 4. The van der Waals surface area contributed by atoms with Gasteiger partial charge in [0.1, 0.15) is 6.04 Å². The molecule has 1 fully saturated rings. The molecule has 1 aromatic heterocycles. The van der Waals surface area contributed by atoms with E-state index in [0.717, 1.165) is 38.9 Å². The molecule has 0 spiro atoms. The van der Waals surface area contributed by atoms with Crippen LogP contribution in [0.4, 0.5) is 0 Å². The van der Waals surface area contributed by atoms with Crippen molar-refractivity contribution in [1.82, 2.24) is 15.5 Å². The summed E-state index contributed by atoms with van der Waals surface area (Å²) in [5, 5.41) is 6.01. The molecular formula is C18H29N3O3. The largest absolute Gasteiger partial charge is 0.459 e. The average Bonchev–Trinajstić information content (AvgIpc) is 3.12. The first-order chi connectivity index (χ1) is 11.5. The van der Waals surface area contributed by atoms with E-state index >= 15 is 0 Å². The third-order valence-corrected chi connectivity index (χ3v) is 4.69. The summed E-state index contributed by atoms with van der Waals surface area (Å²) < 4.78 is 5.11. The van der Waals surface area contributed by atoms with E-state index in [1.807, 2.05) is 25.8 Å². The first-order valence-electron chi connectivity index (χ1n) is 8.80. The Morgan fingerprint density at radius 3 is 2.58 bits per heavy atom. The third-order valence-electron chi connectivity index (χ3n) is 4.69. The van der Waals surface area contributed by atoms with Crippen molar-refractivity contribution in [3.05, 3.63) is 24.2 Å². The monoisotopic (exact) mass is 335 g/mol. The van der Waals surface area contributed by atoms with E-state index in [9.17, 15) is 9.59 Å². The lowest BCUT2D eigenvalue weighted by Crippen LogP contribution is -2.53. The number of nitrogens with one attached hydrogen (secondary N) is 2. The van der Waals surface area contributed by atoms with Crippen LogP contribution in [-0.4, -0.2) is 49.4 Å². The highest BCUT2D eigenvalue weighted by Gasteiger charge is 2.31. The molecule has 2 rings (SSSR count). The Labute approximate surface area is 144 Å². The average molecular weight is 335 g/mol. The Morgan fingerprint density at radius 2 is 2.04 bits per heavy atom. The smallest absolute Gasteiger partial charge is 0.287 e. The van der Waals surface area contributed by atoms with Crippen LogP contribution in [0.5, 0.6) is 0 Å². The van der Waals surface area contributed by atoms with Crippen molar-refractivity contribution in [3.63, 3.8) is 0 Å². The highest BCUT2D eigenvalue weighted by molar-refractivity contribution is 5.95. The summed E-state index contributed by atoms with van der Waals surface area (Å²) in [5.41, 5.74) is 0. The van der Waals surface area contributed by atoms with Gasteiger partial charge in [-0.1, -0.05) is 13.8 Å². The molecule has 6 nitrogen and oxygen atoms in total. The number of nitrogens with zero attached hydrogens (tertiary/aromatic N) is 1. The van der Waals surface area contributed by atoms with Gasteiger partial charge in [0.05, 0.1) is 6.26 Å². The van der Waals surface area contributed by atoms with Crippen molar-refractivity contribution in [2.45, 2.75) is 39.2 Å². The maximum absolute atomic E-state index is 12.8. The fourth-order valence-corrected chi connectivity index (χ4v) is 3.12. The lowest BCUT2D eigenvalue weighted by Gasteiger charge is -2.35. The molecule has 2 amide bonds. The van der Waals surface area contributed by atoms with Crippen molar-refractivity contribution >= 4 is 11.8 Å². The van der Waals surface area contributed by atoms with Gasteiger partial charge in [0.25, 0.3) is 5.91 Å². The molecule has 0 bridgehead atoms. The van der Waals surface area contributed by atoms with Crippen LogP contribution in [0.15, 0.2) is 22.8 Å². The predicted octanol–water partition coefficient (Wildman–Crippen LogP) is 1.88. The Morgan fingerprint density at radius 1 is 1.33 bits per heavy atom. The quantitative estimate of drug-likeness (QED) is 0.798. The fourth-order valence-electron chi connectivity index (χ4n) is 3.12. The van der Waals surface area contributed by atoms with E-state index in [1.165, 1.54) is 6.26 Å². The standard InChI is InChI=1S/C18H29N3O3/c1-13(2)16(20-17(22)15-5-4-12-24-15)18(23)21-10-7-14(8-11-21)6-9-19-3/h4-5,12-14,16,19H,6-11H2,1-3H3,(H,20,22). The molecule has 0 saturated carbocycles. The highest BCUT2D eigenvalue weighted by Crippen LogP contribution is 2.21. The molecule has 2 heterocycles. The van der Waals surface area contributed by atoms with Gasteiger partial charge in [-0.05, 0) is 56.8 Å². The maximum Gasteiger partial charge on any atom is 0.287 e. The minimum absolute atomic E-state index is 0.0111. The van der Waals surface area contributed by atoms with Gasteiger partial charge in [-0.3, -0.25) is 9.59 Å². The fraction of sp³-hybridized carbons (Fsp3) is 0.667. The molecule has 24 heavy (non-hydrogen) atoms. The molecule has 2 N–H and O–H groups in total. The van der Waals surface area contributed by atoms with E-state index in [2.05, 4.69) is 10.6 Å². The molecule has 134 valence electrons. The van der Waals surface area contributed by atoms with Crippen LogP contribution in [0, 0.1) is 11.8 Å². The van der Waals surface area contributed by atoms with Gasteiger partial charge in [-0.25, -0.2) is 0 Å². The number of carbonyl (C=O) groups excluding carboxylic acids is 2. The molecule has 1 atom stereocenters. The molecule has 0 aromatic carbocycles. The first-order valence-corrected chi connectivity index (χ1v) is 8.80. The molecule has 0 radical (unpaired) electrons. The lowest BCUT2D eigenvalue weighted by molar-refractivity contribution is -0.135. The molecule has 1 saturated heterocycles. The van der Waals surface area contributed by atoms with Crippen molar-refractivity contribution in [2.75, 3.05) is 26.7 Å². The summed E-state index contributed by atoms with van der Waals surface area (Å²) in [4.78, 5) is 26.9. The summed E-state index contributed by atoms with van der Waals surface area (Å²) in [6.07, 6.45) is 4.67. The SMILES string of the molecule is CNCCC1CCN(C(=O)C(NC(=O)c2ccco2)C(C)C)CC1. The van der Waals surface area contributed by atoms with Gasteiger partial charge in [-0.2, -0.15) is 0 Å². The highest BCUT2D eigenvalue weighted by atomic mass is 16.3. The zero-order chi connectivity index (χ0) is 17.5. The van der Waals surface area contributed by atoms with Gasteiger partial charge in [-0.15, -0.1) is 0 Å². The Bertz CT molecular complexity index is 520. The Kier molecular flexibility index (Phi) is 6.85. The van der Waals surface area contributed by atoms with Crippen LogP contribution >= 0.6 is 0 Å². The molecule has 1 unspecified atom stereocenters. The summed E-state index contributed by atoms with van der Waals surface area (Å²) in [6, 6.07) is 2.75. The van der Waals surface area contributed by atoms with Gasteiger partial charge >= 0.3 is 0 Å². The molecule has 1 aromatic rings. The van der Waals surface area contributed by atoms with Crippen LogP contribution < -0.4 is 10.6 Å². The Balaban J connectivity index is 1.91. The van der Waals surface area contributed by atoms with Crippen LogP contribution in [0.1, 0.15) is 43.7 Å². The maximum atomic E-state index is 12.8. The van der Waals surface area contributed by atoms with Crippen molar-refractivity contribution in [3.8, 4) is 0 Å². The van der Waals surface area contributed by atoms with Gasteiger partial charge < -0.3 is 20.0 Å². The number of hydrogen-bond donors (Lipinski definition) is 2. The third kappa shape index (κ3) is 4.84. The summed E-state index contributed by atoms with van der Waals surface area (Å²) >= 11 is 0. The van der Waals surface area contributed by atoms with Crippen LogP contribution in [0.3, 0.4) is 0 Å². The molecular weight excluding hydrogens is 306 g/mol. The van der Waals surface area contributed by atoms with Gasteiger partial charge in [0.15, 0.2) is 5.76 Å². The second-order valence-electron chi connectivity index (χ2n) is 6.83. The van der Waals surface area contributed by atoms with E-state index in [1.54, 1.807) is 12.1 Å². The lowest BCUT2D eigenvalue weighted by atomic mass is 9.92. The summed E-state index contributed by atoms with van der Waals surface area (Å²) in [6.45, 7) is 6.46. The van der Waals surface area contributed by atoms with E-state index in [-0.39, 0.29) is 23.5 Å². The summed E-state index contributed by atoms with van der Waals surface area (Å²) in [7, 11) is 1.97. The normalized spacial score (nSPS) is 17.1. The minimum atomic E-state index is -0.517. The zero-order valence-electron chi connectivity index (χ0n) is 14.9. The van der Waals surface area contributed by atoms with Crippen molar-refractivity contribution < 1.29 is 14.0 Å². The van der Waals surface area contributed by atoms with Crippen molar-refractivity contribution in [2.24, 2.45) is 11.8 Å². The second-order valence-corrected chi connectivity index (χ2v) is 6.83. The van der Waals surface area contributed by atoms with Crippen molar-refractivity contribution in [1.29, 1.82) is 0 Å². The van der Waals surface area contributed by atoms with Crippen LogP contribution in [0.25, 0.3) is 0 Å². The first kappa shape index (κ1) is 18.5. The van der Waals surface area contributed by atoms with Crippen LogP contribution in [-0.2, 0) is 4.79 Å². The topological polar surface area (TPSA) is 74.6 Å². The van der Waals surface area contributed by atoms with Gasteiger partial charge in [0, 0.05) is 13.1 Å². The molecule has 0 aliphatic carbocycles. The number of likely N-dealkylation sites (tertiary alicyclic amines) is 1. The number of amides is 2. The van der Waals surface area contributed by atoms with E-state index in [4.69, 9.17) is 4.42 Å². The van der Waals surface area contributed by atoms with Crippen LogP contribution in [0.2, 0.25) is 0 Å². The Hall–Kier alpha value is -1.82. The zero-order valence-corrected chi connectivity index (χ0v) is 14.9. The van der Waals surface area contributed by atoms with Gasteiger partial charge in [0.2, 0.25) is 5.91 Å². The minimum Gasteiger partial charge on any atom is -0.459 e. The molecule has 1 aliphatic rings. The molecule has 1 aliphatic heterocycles. The number of piperidine rings is 1. The number of furan rings is 1. The molecule has 6 heteroatoms. The van der Waals surface area contributed by atoms with E-state index in [0.29, 0.717) is 5.92 Å². The number of rotatable bonds is 7.